The molecule has 1 aliphatic heterocycles. The van der Waals surface area contributed by atoms with E-state index < -0.39 is 5.41 Å². The minimum Gasteiger partial charge on any atom is -0.354 e. The highest BCUT2D eigenvalue weighted by Crippen LogP contribution is 2.37. The number of nitriles is 1. The van der Waals surface area contributed by atoms with Gasteiger partial charge in [0.2, 0.25) is 5.91 Å². The highest BCUT2D eigenvalue weighted by molar-refractivity contribution is 5.85. The molecular formula is C14H19N5O. The molecule has 20 heavy (non-hydrogen) atoms. The first-order chi connectivity index (χ1) is 9.75. The van der Waals surface area contributed by atoms with Crippen molar-refractivity contribution in [2.24, 2.45) is 5.41 Å². The highest BCUT2D eigenvalue weighted by atomic mass is 16.2. The molecule has 1 saturated carbocycles. The van der Waals surface area contributed by atoms with Crippen LogP contribution in [0.1, 0.15) is 43.8 Å². The first-order valence-corrected chi connectivity index (χ1v) is 7.36. The van der Waals surface area contributed by atoms with Gasteiger partial charge in [-0.2, -0.15) is 5.26 Å². The second-order valence-corrected chi connectivity index (χ2v) is 5.69. The van der Waals surface area contributed by atoms with Crippen LogP contribution < -0.4 is 5.32 Å². The first-order valence-electron chi connectivity index (χ1n) is 7.36. The molecule has 2 heterocycles. The van der Waals surface area contributed by atoms with Crippen LogP contribution in [0.5, 0.6) is 0 Å². The van der Waals surface area contributed by atoms with Crippen LogP contribution in [0.25, 0.3) is 0 Å². The van der Waals surface area contributed by atoms with Crippen molar-refractivity contribution in [3.05, 3.63) is 11.6 Å². The smallest absolute Gasteiger partial charge is 0.240 e. The third-order valence-corrected chi connectivity index (χ3v) is 4.43. The van der Waals surface area contributed by atoms with Gasteiger partial charge in [0.1, 0.15) is 17.1 Å². The zero-order valence-corrected chi connectivity index (χ0v) is 11.6. The lowest BCUT2D eigenvalue weighted by atomic mass is 9.87. The molecule has 1 aliphatic carbocycles. The van der Waals surface area contributed by atoms with Crippen LogP contribution in [0.15, 0.2) is 0 Å². The van der Waals surface area contributed by atoms with Gasteiger partial charge in [0, 0.05) is 25.9 Å². The van der Waals surface area contributed by atoms with Gasteiger partial charge in [-0.05, 0) is 19.3 Å². The molecule has 0 unspecified atom stereocenters. The van der Waals surface area contributed by atoms with E-state index in [1.54, 1.807) is 0 Å². The molecule has 1 aromatic heterocycles. The second-order valence-electron chi connectivity index (χ2n) is 5.69. The van der Waals surface area contributed by atoms with Crippen LogP contribution in [-0.4, -0.2) is 27.2 Å². The fourth-order valence-corrected chi connectivity index (χ4v) is 3.22. The average Bonchev–Trinajstić information content (AvgIpc) is 3.16. The summed E-state index contributed by atoms with van der Waals surface area (Å²) in [6.45, 7) is 1.51. The first kappa shape index (κ1) is 13.1. The zero-order valence-electron chi connectivity index (χ0n) is 11.6. The van der Waals surface area contributed by atoms with Gasteiger partial charge in [-0.25, -0.2) is 0 Å². The van der Waals surface area contributed by atoms with Crippen LogP contribution in [0.4, 0.5) is 0 Å². The molecule has 2 aliphatic rings. The largest absolute Gasteiger partial charge is 0.354 e. The predicted octanol–water partition coefficient (Wildman–Crippen LogP) is 0.967. The Morgan fingerprint density at radius 2 is 2.15 bits per heavy atom. The maximum atomic E-state index is 12.2. The number of rotatable bonds is 4. The molecule has 0 aromatic carbocycles. The fourth-order valence-electron chi connectivity index (χ4n) is 3.22. The van der Waals surface area contributed by atoms with Gasteiger partial charge in [-0.15, -0.1) is 10.2 Å². The molecule has 0 radical (unpaired) electrons. The molecule has 106 valence electrons. The summed E-state index contributed by atoms with van der Waals surface area (Å²) in [7, 11) is 0. The van der Waals surface area contributed by atoms with Crippen molar-refractivity contribution >= 4 is 5.91 Å². The number of hydrogen-bond donors (Lipinski definition) is 1. The normalized spacial score (nSPS) is 19.6. The van der Waals surface area contributed by atoms with Crippen molar-refractivity contribution < 1.29 is 4.79 Å². The van der Waals surface area contributed by atoms with Gasteiger partial charge in [0.05, 0.1) is 6.07 Å². The van der Waals surface area contributed by atoms with E-state index in [-0.39, 0.29) is 5.91 Å². The fraction of sp³-hybridized carbons (Fsp3) is 0.714. The molecule has 6 nitrogen and oxygen atoms in total. The highest BCUT2D eigenvalue weighted by Gasteiger charge is 2.41. The van der Waals surface area contributed by atoms with E-state index in [0.717, 1.165) is 43.9 Å². The Morgan fingerprint density at radius 1 is 1.35 bits per heavy atom. The van der Waals surface area contributed by atoms with Gasteiger partial charge in [-0.3, -0.25) is 4.79 Å². The summed E-state index contributed by atoms with van der Waals surface area (Å²) >= 11 is 0. The van der Waals surface area contributed by atoms with Gasteiger partial charge in [-0.1, -0.05) is 12.8 Å². The SMILES string of the molecule is N#CC1(C(=O)NCCc2nnc3n2CCC3)CCCC1. The Morgan fingerprint density at radius 3 is 2.90 bits per heavy atom. The lowest BCUT2D eigenvalue weighted by molar-refractivity contribution is -0.127. The third kappa shape index (κ3) is 2.17. The Kier molecular flexibility index (Phi) is 3.43. The number of hydrogen-bond acceptors (Lipinski definition) is 4. The third-order valence-electron chi connectivity index (χ3n) is 4.43. The van der Waals surface area contributed by atoms with Crippen LogP contribution in [-0.2, 0) is 24.2 Å². The predicted molar refractivity (Wildman–Crippen MR) is 71.6 cm³/mol. The van der Waals surface area contributed by atoms with E-state index in [1.807, 2.05) is 0 Å². The van der Waals surface area contributed by atoms with Crippen molar-refractivity contribution in [2.45, 2.75) is 51.5 Å². The van der Waals surface area contributed by atoms with Crippen LogP contribution in [0, 0.1) is 16.7 Å². The maximum Gasteiger partial charge on any atom is 0.240 e. The molecule has 1 aromatic rings. The number of carbonyl (C=O) groups excluding carboxylic acids is 1. The molecule has 0 bridgehead atoms. The summed E-state index contributed by atoms with van der Waals surface area (Å²) in [5.41, 5.74) is -0.785. The number of nitrogens with one attached hydrogen (secondary N) is 1. The van der Waals surface area contributed by atoms with Gasteiger partial charge < -0.3 is 9.88 Å². The molecule has 1 amide bonds. The van der Waals surface area contributed by atoms with Crippen LogP contribution in [0.3, 0.4) is 0 Å². The molecule has 6 heteroatoms. The van der Waals surface area contributed by atoms with Crippen molar-refractivity contribution in [3.63, 3.8) is 0 Å². The summed E-state index contributed by atoms with van der Waals surface area (Å²) in [6.07, 6.45) is 6.13. The van der Waals surface area contributed by atoms with E-state index >= 15 is 0 Å². The summed E-state index contributed by atoms with van der Waals surface area (Å²) in [6, 6.07) is 2.22. The second kappa shape index (κ2) is 5.23. The number of amides is 1. The number of fused-ring (bicyclic) bond motifs is 1. The maximum absolute atomic E-state index is 12.2. The van der Waals surface area contributed by atoms with E-state index in [4.69, 9.17) is 0 Å². The molecule has 0 saturated heterocycles. The quantitative estimate of drug-likeness (QED) is 0.886. The average molecular weight is 273 g/mol. The minimum absolute atomic E-state index is 0.112. The number of aryl methyl sites for hydroxylation is 1. The summed E-state index contributed by atoms with van der Waals surface area (Å²) in [4.78, 5) is 12.2. The Hall–Kier alpha value is -1.90. The Labute approximate surface area is 118 Å². The van der Waals surface area contributed by atoms with Gasteiger partial charge in [0.15, 0.2) is 0 Å². The lowest BCUT2D eigenvalue weighted by Crippen LogP contribution is -2.39. The van der Waals surface area contributed by atoms with Gasteiger partial charge in [0.25, 0.3) is 0 Å². The van der Waals surface area contributed by atoms with E-state index in [0.29, 0.717) is 25.8 Å². The van der Waals surface area contributed by atoms with Crippen molar-refractivity contribution in [1.29, 1.82) is 5.26 Å². The van der Waals surface area contributed by atoms with E-state index in [1.165, 1.54) is 0 Å². The Bertz CT molecular complexity index is 550. The molecule has 1 fully saturated rings. The van der Waals surface area contributed by atoms with Crippen LogP contribution >= 0.6 is 0 Å². The van der Waals surface area contributed by atoms with Crippen molar-refractivity contribution in [1.82, 2.24) is 20.1 Å². The molecule has 0 atom stereocenters. The van der Waals surface area contributed by atoms with Crippen molar-refractivity contribution in [3.8, 4) is 6.07 Å². The number of nitrogens with zero attached hydrogens (tertiary/aromatic N) is 4. The standard InChI is InChI=1S/C14H19N5O/c15-10-14(6-1-2-7-14)13(20)16-8-5-12-18-17-11-4-3-9-19(11)12/h1-9H2,(H,16,20). The summed E-state index contributed by atoms with van der Waals surface area (Å²) in [5.74, 6) is 1.88. The molecule has 3 rings (SSSR count). The summed E-state index contributed by atoms with van der Waals surface area (Å²) in [5, 5.41) is 20.5. The number of carbonyl (C=O) groups is 1. The topological polar surface area (TPSA) is 83.6 Å². The van der Waals surface area contributed by atoms with Gasteiger partial charge >= 0.3 is 0 Å². The molecule has 0 spiro atoms. The molecule has 1 N–H and O–H groups in total. The monoisotopic (exact) mass is 273 g/mol. The van der Waals surface area contributed by atoms with Crippen LogP contribution in [0.2, 0.25) is 0 Å². The van der Waals surface area contributed by atoms with E-state index in [2.05, 4.69) is 26.2 Å². The zero-order chi connectivity index (χ0) is 14.0. The Balaban J connectivity index is 1.55. The summed E-state index contributed by atoms with van der Waals surface area (Å²) < 4.78 is 2.14. The minimum atomic E-state index is -0.785. The number of aromatic nitrogens is 3. The lowest BCUT2D eigenvalue weighted by Gasteiger charge is -2.19. The van der Waals surface area contributed by atoms with Crippen molar-refractivity contribution in [2.75, 3.05) is 6.54 Å². The molecular weight excluding hydrogens is 254 g/mol. The van der Waals surface area contributed by atoms with E-state index in [9.17, 15) is 10.1 Å².